The third kappa shape index (κ3) is 7.81. The zero-order valence-electron chi connectivity index (χ0n) is 20.4. The van der Waals surface area contributed by atoms with Gasteiger partial charge in [0.2, 0.25) is 0 Å². The second-order valence-electron chi connectivity index (χ2n) is 8.61. The van der Waals surface area contributed by atoms with E-state index in [1.807, 2.05) is 42.5 Å². The largest absolute Gasteiger partial charge is 0.490 e. The first-order valence-corrected chi connectivity index (χ1v) is 12.3. The number of halogens is 1. The van der Waals surface area contributed by atoms with Gasteiger partial charge in [0, 0.05) is 17.6 Å². The highest BCUT2D eigenvalue weighted by molar-refractivity contribution is 5.83. The van der Waals surface area contributed by atoms with Crippen molar-refractivity contribution in [1.82, 2.24) is 4.98 Å². The Morgan fingerprint density at radius 2 is 1.94 bits per heavy atom. The lowest BCUT2D eigenvalue weighted by atomic mass is 10.1. The minimum absolute atomic E-state index is 0.269. The van der Waals surface area contributed by atoms with Crippen molar-refractivity contribution in [2.24, 2.45) is 0 Å². The van der Waals surface area contributed by atoms with Gasteiger partial charge in [0.05, 0.1) is 17.3 Å². The zero-order valence-corrected chi connectivity index (χ0v) is 20.4. The van der Waals surface area contributed by atoms with Gasteiger partial charge in [-0.25, -0.2) is 9.37 Å². The minimum atomic E-state index is -0.269. The van der Waals surface area contributed by atoms with E-state index in [0.29, 0.717) is 24.0 Å². The summed E-state index contributed by atoms with van der Waals surface area (Å²) in [4.78, 5) is 4.65. The molecule has 34 heavy (non-hydrogen) atoms. The number of ether oxygens (including phenoxy) is 2. The first kappa shape index (κ1) is 25.6. The van der Waals surface area contributed by atoms with Crippen molar-refractivity contribution in [3.05, 3.63) is 78.6 Å². The molecule has 180 valence electrons. The molecule has 0 fully saturated rings. The molecule has 2 aromatic carbocycles. The van der Waals surface area contributed by atoms with Gasteiger partial charge in [-0.15, -0.1) is 0 Å². The number of fused-ring (bicyclic) bond motifs is 1. The first-order chi connectivity index (χ1) is 16.6. The van der Waals surface area contributed by atoms with Gasteiger partial charge >= 0.3 is 0 Å². The fraction of sp³-hybridized carbons (Fsp3) is 0.367. The molecule has 0 bridgehead atoms. The predicted octanol–water partition coefficient (Wildman–Crippen LogP) is 8.38. The van der Waals surface area contributed by atoms with E-state index in [0.717, 1.165) is 54.5 Å². The van der Waals surface area contributed by atoms with Crippen molar-refractivity contribution in [3.63, 3.8) is 0 Å². The summed E-state index contributed by atoms with van der Waals surface area (Å²) in [5.41, 5.74) is 2.78. The second kappa shape index (κ2) is 13.7. The lowest BCUT2D eigenvalue weighted by Crippen LogP contribution is -2.08. The zero-order chi connectivity index (χ0) is 24.2. The highest BCUT2D eigenvalue weighted by atomic mass is 19.1. The van der Waals surface area contributed by atoms with Gasteiger partial charge in [-0.2, -0.15) is 0 Å². The molecule has 3 nitrogen and oxygen atoms in total. The first-order valence-electron chi connectivity index (χ1n) is 12.3. The summed E-state index contributed by atoms with van der Waals surface area (Å²) in [6.07, 6.45) is 12.7. The fourth-order valence-electron chi connectivity index (χ4n) is 3.80. The molecule has 0 radical (unpaired) electrons. The number of hydrogen-bond acceptors (Lipinski definition) is 3. The number of unbranched alkanes of at least 4 members (excludes halogenated alkanes) is 3. The number of rotatable bonds is 14. The van der Waals surface area contributed by atoms with Crippen molar-refractivity contribution in [2.75, 3.05) is 13.2 Å². The van der Waals surface area contributed by atoms with Gasteiger partial charge < -0.3 is 9.47 Å². The van der Waals surface area contributed by atoms with Crippen LogP contribution in [-0.2, 0) is 4.74 Å². The molecule has 0 saturated heterocycles. The summed E-state index contributed by atoms with van der Waals surface area (Å²) in [6.45, 7) is 9.31. The Labute approximate surface area is 203 Å². The van der Waals surface area contributed by atoms with Gasteiger partial charge in [0.1, 0.15) is 18.2 Å². The fourth-order valence-corrected chi connectivity index (χ4v) is 3.80. The van der Waals surface area contributed by atoms with E-state index in [-0.39, 0.29) is 5.82 Å². The minimum Gasteiger partial charge on any atom is -0.490 e. The SMILES string of the molecule is C=CCOc1ccc2nc(-c3ccc(/C=C/CCCC(C)OCCCCC)cc3F)ccc2c1. The van der Waals surface area contributed by atoms with Crippen LogP contribution in [0.1, 0.15) is 57.9 Å². The third-order valence-electron chi connectivity index (χ3n) is 5.74. The van der Waals surface area contributed by atoms with E-state index in [2.05, 4.69) is 31.5 Å². The molecule has 0 saturated carbocycles. The number of pyridine rings is 1. The van der Waals surface area contributed by atoms with Crippen molar-refractivity contribution in [2.45, 2.75) is 58.5 Å². The maximum Gasteiger partial charge on any atom is 0.133 e. The van der Waals surface area contributed by atoms with E-state index in [1.165, 1.54) is 12.8 Å². The third-order valence-corrected chi connectivity index (χ3v) is 5.74. The van der Waals surface area contributed by atoms with Crippen molar-refractivity contribution >= 4 is 17.0 Å². The van der Waals surface area contributed by atoms with Crippen LogP contribution >= 0.6 is 0 Å². The molecule has 0 aliphatic rings. The molecule has 0 aliphatic heterocycles. The van der Waals surface area contributed by atoms with Crippen LogP contribution < -0.4 is 4.74 Å². The van der Waals surface area contributed by atoms with Crippen LogP contribution in [0.2, 0.25) is 0 Å². The van der Waals surface area contributed by atoms with E-state index < -0.39 is 0 Å². The van der Waals surface area contributed by atoms with Crippen LogP contribution in [0.15, 0.2) is 67.3 Å². The number of benzene rings is 2. The van der Waals surface area contributed by atoms with E-state index >= 15 is 0 Å². The standard InChI is InChI=1S/C30H36FNO2/c1-4-6-10-20-33-23(3)11-8-7-9-12-24-13-16-27(28(31)21-24)30-17-14-25-22-26(34-19-5-2)15-18-29(25)32-30/h5,9,12-18,21-23H,2,4,6-8,10-11,19-20H2,1,3H3/b12-9+. The monoisotopic (exact) mass is 461 g/mol. The van der Waals surface area contributed by atoms with Crippen LogP contribution in [-0.4, -0.2) is 24.3 Å². The van der Waals surface area contributed by atoms with Gasteiger partial charge in [-0.3, -0.25) is 0 Å². The summed E-state index contributed by atoms with van der Waals surface area (Å²) < 4.78 is 26.3. The molecule has 0 N–H and O–H groups in total. The summed E-state index contributed by atoms with van der Waals surface area (Å²) in [7, 11) is 0. The summed E-state index contributed by atoms with van der Waals surface area (Å²) >= 11 is 0. The van der Waals surface area contributed by atoms with E-state index in [1.54, 1.807) is 18.2 Å². The molecule has 1 atom stereocenters. The number of nitrogens with zero attached hydrogens (tertiary/aromatic N) is 1. The number of hydrogen-bond donors (Lipinski definition) is 0. The maximum atomic E-state index is 14.9. The van der Waals surface area contributed by atoms with Gasteiger partial charge in [0.25, 0.3) is 0 Å². The normalized spacial score (nSPS) is 12.3. The molecular weight excluding hydrogens is 425 g/mol. The summed E-state index contributed by atoms with van der Waals surface area (Å²) in [5, 5.41) is 0.950. The van der Waals surface area contributed by atoms with Crippen LogP contribution in [0.25, 0.3) is 28.2 Å². The van der Waals surface area contributed by atoms with Crippen molar-refractivity contribution in [3.8, 4) is 17.0 Å². The van der Waals surface area contributed by atoms with Crippen molar-refractivity contribution in [1.29, 1.82) is 0 Å². The molecule has 1 aromatic heterocycles. The van der Waals surface area contributed by atoms with E-state index in [4.69, 9.17) is 9.47 Å². The molecule has 1 unspecified atom stereocenters. The van der Waals surface area contributed by atoms with Gasteiger partial charge in [-0.1, -0.05) is 56.7 Å². The lowest BCUT2D eigenvalue weighted by molar-refractivity contribution is 0.0566. The predicted molar refractivity (Wildman–Crippen MR) is 141 cm³/mol. The molecule has 3 aromatic rings. The Balaban J connectivity index is 1.55. The lowest BCUT2D eigenvalue weighted by Gasteiger charge is -2.12. The Hall–Kier alpha value is -2.98. The van der Waals surface area contributed by atoms with Crippen LogP contribution in [0, 0.1) is 5.82 Å². The van der Waals surface area contributed by atoms with Gasteiger partial charge in [-0.05, 0) is 74.6 Å². The summed E-state index contributed by atoms with van der Waals surface area (Å²) in [5.74, 6) is 0.493. The highest BCUT2D eigenvalue weighted by Crippen LogP contribution is 2.27. The Morgan fingerprint density at radius 3 is 2.74 bits per heavy atom. The highest BCUT2D eigenvalue weighted by Gasteiger charge is 2.09. The molecule has 3 rings (SSSR count). The van der Waals surface area contributed by atoms with Crippen LogP contribution in [0.5, 0.6) is 5.75 Å². The Bertz CT molecular complexity index is 1090. The molecule has 0 aliphatic carbocycles. The average molecular weight is 462 g/mol. The molecular formula is C30H36FNO2. The Kier molecular flexibility index (Phi) is 10.3. The topological polar surface area (TPSA) is 31.4 Å². The molecule has 0 amide bonds. The number of aromatic nitrogens is 1. The average Bonchev–Trinajstić information content (AvgIpc) is 2.85. The smallest absolute Gasteiger partial charge is 0.133 e. The molecule has 0 spiro atoms. The summed E-state index contributed by atoms with van der Waals surface area (Å²) in [6, 6.07) is 14.8. The molecule has 4 heteroatoms. The van der Waals surface area contributed by atoms with E-state index in [9.17, 15) is 4.39 Å². The van der Waals surface area contributed by atoms with Crippen LogP contribution in [0.4, 0.5) is 4.39 Å². The maximum absolute atomic E-state index is 14.9. The quantitative estimate of drug-likeness (QED) is 0.178. The van der Waals surface area contributed by atoms with Crippen LogP contribution in [0.3, 0.4) is 0 Å². The van der Waals surface area contributed by atoms with Crippen molar-refractivity contribution < 1.29 is 13.9 Å². The second-order valence-corrected chi connectivity index (χ2v) is 8.61. The Morgan fingerprint density at radius 1 is 1.06 bits per heavy atom. The van der Waals surface area contributed by atoms with Gasteiger partial charge in [0.15, 0.2) is 0 Å². The molecule has 1 heterocycles. The number of allylic oxidation sites excluding steroid dienone is 1.